The van der Waals surface area contributed by atoms with Gasteiger partial charge in [-0.1, -0.05) is 37.3 Å². The van der Waals surface area contributed by atoms with Crippen molar-refractivity contribution in [1.29, 1.82) is 0 Å². The molecule has 0 saturated carbocycles. The van der Waals surface area contributed by atoms with E-state index in [0.717, 1.165) is 81.8 Å². The Morgan fingerprint density at radius 1 is 1.00 bits per heavy atom. The van der Waals surface area contributed by atoms with Gasteiger partial charge in [0, 0.05) is 18.7 Å². The maximum atomic E-state index is 13.3. The molecule has 3 atom stereocenters. The zero-order valence-corrected chi connectivity index (χ0v) is 26.4. The van der Waals surface area contributed by atoms with Crippen LogP contribution in [0.5, 0.6) is 0 Å². The van der Waals surface area contributed by atoms with Gasteiger partial charge in [0.2, 0.25) is 5.91 Å². The quantitative estimate of drug-likeness (QED) is 0.217. The summed E-state index contributed by atoms with van der Waals surface area (Å²) in [6, 6.07) is 18.6. The number of ether oxygens (including phenoxy) is 2. The second-order valence-electron chi connectivity index (χ2n) is 12.2. The van der Waals surface area contributed by atoms with E-state index in [1.807, 2.05) is 18.0 Å². The number of nitrogens with one attached hydrogen (secondary N) is 3. The molecule has 11 heteroatoms. The first-order valence-electron chi connectivity index (χ1n) is 15.9. The molecule has 3 aromatic carbocycles. The van der Waals surface area contributed by atoms with Crippen molar-refractivity contribution in [2.75, 3.05) is 40.5 Å². The number of hydrogen-bond donors (Lipinski definition) is 3. The Labute approximate surface area is 267 Å². The van der Waals surface area contributed by atoms with Crippen molar-refractivity contribution in [1.82, 2.24) is 35.1 Å². The van der Waals surface area contributed by atoms with E-state index in [4.69, 9.17) is 14.5 Å². The van der Waals surface area contributed by atoms with Crippen LogP contribution in [0.3, 0.4) is 0 Å². The minimum absolute atomic E-state index is 0.117. The number of carbonyl (C=O) groups excluding carboxylic acids is 2. The average Bonchev–Trinajstić information content (AvgIpc) is 3.86. The molecule has 1 unspecified atom stereocenters. The molecule has 238 valence electrons. The van der Waals surface area contributed by atoms with E-state index < -0.39 is 12.1 Å². The van der Waals surface area contributed by atoms with Gasteiger partial charge in [-0.2, -0.15) is 0 Å². The van der Waals surface area contributed by atoms with Crippen LogP contribution in [-0.4, -0.2) is 88.2 Å². The smallest absolute Gasteiger partial charge is 0.407 e. The third-order valence-electron chi connectivity index (χ3n) is 9.33. The fraction of sp³-hybridized carbons (Fsp3) is 0.371. The number of imidazole rings is 2. The molecule has 11 nitrogen and oxygen atoms in total. The molecule has 46 heavy (non-hydrogen) atoms. The fourth-order valence-electron chi connectivity index (χ4n) is 6.64. The Bertz CT molecular complexity index is 1900. The van der Waals surface area contributed by atoms with Crippen LogP contribution in [0.25, 0.3) is 44.2 Å². The Hall–Kier alpha value is -4.74. The summed E-state index contributed by atoms with van der Waals surface area (Å²) in [5.41, 5.74) is 6.16. The van der Waals surface area contributed by atoms with Crippen molar-refractivity contribution in [3.63, 3.8) is 0 Å². The average molecular weight is 622 g/mol. The van der Waals surface area contributed by atoms with Crippen LogP contribution in [0.1, 0.15) is 49.9 Å². The van der Waals surface area contributed by atoms with Crippen molar-refractivity contribution in [3.8, 4) is 22.4 Å². The van der Waals surface area contributed by atoms with Crippen molar-refractivity contribution >= 4 is 33.8 Å². The molecule has 4 heterocycles. The Balaban J connectivity index is 1.09. The third-order valence-corrected chi connectivity index (χ3v) is 9.33. The van der Waals surface area contributed by atoms with Crippen LogP contribution < -0.4 is 5.32 Å². The Morgan fingerprint density at radius 2 is 1.76 bits per heavy atom. The van der Waals surface area contributed by atoms with E-state index in [9.17, 15) is 9.59 Å². The third kappa shape index (κ3) is 5.72. The number of aromatic nitrogens is 4. The van der Waals surface area contributed by atoms with Gasteiger partial charge in [0.25, 0.3) is 0 Å². The van der Waals surface area contributed by atoms with Gasteiger partial charge in [0.15, 0.2) is 0 Å². The van der Waals surface area contributed by atoms with E-state index >= 15 is 0 Å². The zero-order valence-electron chi connectivity index (χ0n) is 26.4. The highest BCUT2D eigenvalue weighted by Crippen LogP contribution is 2.34. The first-order valence-corrected chi connectivity index (χ1v) is 15.9. The molecule has 2 aliphatic rings. The second kappa shape index (κ2) is 12.6. The second-order valence-corrected chi connectivity index (χ2v) is 12.2. The summed E-state index contributed by atoms with van der Waals surface area (Å²) in [6.07, 6.45) is 3.39. The SMILES string of the molecule is CC[C@H](NC(=O)OC)C(=O)N1CCC[C@H]1c1ncc(-c2ccc3cc(-c4ccc5nc(C6COCCN6C)[nH]c5c4)ccc3c2)[nH]1. The molecule has 3 N–H and O–H groups in total. The number of benzene rings is 3. The van der Waals surface area contributed by atoms with E-state index in [0.29, 0.717) is 19.6 Å². The maximum absolute atomic E-state index is 13.3. The molecule has 0 spiro atoms. The van der Waals surface area contributed by atoms with Crippen LogP contribution in [0.15, 0.2) is 60.8 Å². The number of H-pyrrole nitrogens is 2. The van der Waals surface area contributed by atoms with Crippen LogP contribution in [0.4, 0.5) is 4.79 Å². The number of aromatic amines is 2. The Kier molecular flexibility index (Phi) is 8.18. The fourth-order valence-corrected chi connectivity index (χ4v) is 6.64. The van der Waals surface area contributed by atoms with Gasteiger partial charge in [-0.15, -0.1) is 0 Å². The number of morpholine rings is 1. The number of methoxy groups -OCH3 is 1. The van der Waals surface area contributed by atoms with Gasteiger partial charge in [-0.3, -0.25) is 9.69 Å². The molecule has 2 amide bonds. The molecule has 5 aromatic rings. The molecule has 2 saturated heterocycles. The number of likely N-dealkylation sites (tertiary alicyclic amines) is 1. The molecule has 0 bridgehead atoms. The summed E-state index contributed by atoms with van der Waals surface area (Å²) in [7, 11) is 3.41. The molecule has 0 aliphatic carbocycles. The predicted molar refractivity (Wildman–Crippen MR) is 176 cm³/mol. The van der Waals surface area contributed by atoms with Gasteiger partial charge in [0.05, 0.1) is 55.3 Å². The van der Waals surface area contributed by atoms with Gasteiger partial charge < -0.3 is 29.7 Å². The van der Waals surface area contributed by atoms with Crippen LogP contribution in [0.2, 0.25) is 0 Å². The molecule has 0 radical (unpaired) electrons. The minimum atomic E-state index is -0.634. The first-order chi connectivity index (χ1) is 22.4. The Morgan fingerprint density at radius 3 is 2.54 bits per heavy atom. The van der Waals surface area contributed by atoms with Crippen molar-refractivity contribution in [2.24, 2.45) is 0 Å². The molecular weight excluding hydrogens is 582 g/mol. The first kappa shape index (κ1) is 29.9. The zero-order chi connectivity index (χ0) is 31.8. The number of amides is 2. The van der Waals surface area contributed by atoms with Crippen molar-refractivity contribution in [2.45, 2.75) is 44.3 Å². The lowest BCUT2D eigenvalue weighted by Gasteiger charge is -2.30. The molecule has 7 rings (SSSR count). The number of nitrogens with zero attached hydrogens (tertiary/aromatic N) is 4. The number of fused-ring (bicyclic) bond motifs is 2. The number of likely N-dealkylation sites (N-methyl/N-ethyl adjacent to an activating group) is 1. The summed E-state index contributed by atoms with van der Waals surface area (Å²) in [6.45, 7) is 4.79. The summed E-state index contributed by atoms with van der Waals surface area (Å²) in [5.74, 6) is 1.58. The van der Waals surface area contributed by atoms with E-state index in [-0.39, 0.29) is 18.0 Å². The lowest BCUT2D eigenvalue weighted by Crippen LogP contribution is -2.48. The standard InChI is InChI=1S/C35H39N7O4/c1-4-26(40-35(44)45-3)34(43)42-13-5-6-30(42)32-36-19-29(39-32)25-10-9-21-16-22(7-8-23(21)17-25)24-11-12-27-28(18-24)38-33(37-27)31-20-46-15-14-41(31)2/h7-12,16-19,26,30-31H,4-6,13-15,20H2,1-3H3,(H,36,39)(H,37,38)(H,40,44)/t26-,30-,31?/m0/s1. The molecule has 2 aliphatic heterocycles. The highest BCUT2D eigenvalue weighted by Gasteiger charge is 2.35. The summed E-state index contributed by atoms with van der Waals surface area (Å²) in [4.78, 5) is 45.7. The van der Waals surface area contributed by atoms with Crippen LogP contribution >= 0.6 is 0 Å². The van der Waals surface area contributed by atoms with Gasteiger partial charge in [-0.05, 0) is 72.5 Å². The van der Waals surface area contributed by atoms with Crippen molar-refractivity contribution in [3.05, 3.63) is 72.4 Å². The predicted octanol–water partition coefficient (Wildman–Crippen LogP) is 5.57. The number of carbonyl (C=O) groups is 2. The molecular formula is C35H39N7O4. The monoisotopic (exact) mass is 621 g/mol. The highest BCUT2D eigenvalue weighted by molar-refractivity contribution is 5.92. The largest absolute Gasteiger partial charge is 0.453 e. The molecule has 2 fully saturated rings. The summed E-state index contributed by atoms with van der Waals surface area (Å²) in [5, 5.41) is 4.92. The van der Waals surface area contributed by atoms with E-state index in [1.54, 1.807) is 0 Å². The van der Waals surface area contributed by atoms with Gasteiger partial charge in [-0.25, -0.2) is 14.8 Å². The number of hydrogen-bond acceptors (Lipinski definition) is 7. The normalized spacial score (nSPS) is 19.5. The number of alkyl carbamates (subject to hydrolysis) is 1. The minimum Gasteiger partial charge on any atom is -0.453 e. The van der Waals surface area contributed by atoms with Crippen LogP contribution in [0, 0.1) is 0 Å². The lowest BCUT2D eigenvalue weighted by molar-refractivity contribution is -0.134. The van der Waals surface area contributed by atoms with Gasteiger partial charge >= 0.3 is 6.09 Å². The summed E-state index contributed by atoms with van der Waals surface area (Å²) < 4.78 is 10.4. The maximum Gasteiger partial charge on any atom is 0.407 e. The van der Waals surface area contributed by atoms with E-state index in [1.165, 1.54) is 7.11 Å². The van der Waals surface area contributed by atoms with Crippen LogP contribution in [-0.2, 0) is 14.3 Å². The topological polar surface area (TPSA) is 128 Å². The van der Waals surface area contributed by atoms with Crippen molar-refractivity contribution < 1.29 is 19.1 Å². The van der Waals surface area contributed by atoms with Gasteiger partial charge in [0.1, 0.15) is 17.7 Å². The van der Waals surface area contributed by atoms with E-state index in [2.05, 4.69) is 86.8 Å². The molecule has 2 aromatic heterocycles. The number of rotatable bonds is 7. The lowest BCUT2D eigenvalue weighted by atomic mass is 9.99. The highest BCUT2D eigenvalue weighted by atomic mass is 16.5. The summed E-state index contributed by atoms with van der Waals surface area (Å²) >= 11 is 0.